The van der Waals surface area contributed by atoms with Crippen molar-refractivity contribution in [2.45, 2.75) is 238 Å². The summed E-state index contributed by atoms with van der Waals surface area (Å²) in [6, 6.07) is 0. The first-order chi connectivity index (χ1) is 38.2. The fourth-order valence-corrected chi connectivity index (χ4v) is 8.33. The maximum atomic E-state index is 12.9. The standard InChI is InChI=1S/C66H107O11P/c1-4-7-10-13-16-19-22-25-27-29-31-33-35-38-41-44-47-50-53-56-65(69)76-62(58-67)60-74-78(71,72)75-61-63(59-73-64(68)55-52-49-46-43-40-37-24-21-18-15-12-9-6-3)77-66(70)57-54-51-48-45-42-39-36-34-32-30-28-26-23-20-17-14-11-8-5-2/h8-9,11-12,16-21,25-28,32,34,37,39-40,42,48,51,62-63,67H,4-7,10,13-15,22-24,29-31,33,35-36,38,41,43-47,49-50,52-61H2,1-3H3,(H,71,72)/b11-8-,12-9-,19-16-,20-17-,21-18-,27-25-,28-26-,34-32-,40-37-,42-39-,51-48-. The molecule has 0 aliphatic heterocycles. The molecule has 12 heteroatoms. The molecule has 0 fully saturated rings. The first-order valence-corrected chi connectivity index (χ1v) is 31.6. The minimum atomic E-state index is -4.79. The van der Waals surface area contributed by atoms with Gasteiger partial charge < -0.3 is 24.2 Å². The van der Waals surface area contributed by atoms with Gasteiger partial charge in [-0.3, -0.25) is 23.4 Å². The Bertz CT molecular complexity index is 1820. The molecular formula is C66H107O11P. The number of phosphoric ester groups is 1. The molecule has 0 rings (SSSR count). The van der Waals surface area contributed by atoms with Crippen LogP contribution in [0.15, 0.2) is 134 Å². The van der Waals surface area contributed by atoms with E-state index >= 15 is 0 Å². The number of rotatable bonds is 54. The fourth-order valence-electron chi connectivity index (χ4n) is 7.54. The SMILES string of the molecule is CC/C=C\C/C=C\C/C=C\C/C=C\C/C=C\C/C=C\CCC(=O)OC(COC(=O)CCCCC/C=C\C/C=C\C/C=C\CC)COP(=O)(O)OCC(CO)OC(=O)CCCCCCCCCCC/C=C\C/C=C\CCCCC. The first kappa shape index (κ1) is 73.6. The van der Waals surface area contributed by atoms with Crippen molar-refractivity contribution in [1.29, 1.82) is 0 Å². The Kier molecular flexibility index (Phi) is 55.5. The summed E-state index contributed by atoms with van der Waals surface area (Å²) < 4.78 is 39.4. The van der Waals surface area contributed by atoms with E-state index in [9.17, 15) is 28.9 Å². The van der Waals surface area contributed by atoms with E-state index in [1.807, 2.05) is 12.2 Å². The van der Waals surface area contributed by atoms with Crippen molar-refractivity contribution in [3.8, 4) is 0 Å². The third-order valence-corrected chi connectivity index (χ3v) is 13.0. The number of esters is 3. The average Bonchev–Trinajstić information content (AvgIpc) is 3.43. The van der Waals surface area contributed by atoms with Crippen LogP contribution in [0.4, 0.5) is 0 Å². The van der Waals surface area contributed by atoms with Crippen molar-refractivity contribution in [2.24, 2.45) is 0 Å². The lowest BCUT2D eigenvalue weighted by molar-refractivity contribution is -0.161. The monoisotopic (exact) mass is 1110 g/mol. The van der Waals surface area contributed by atoms with E-state index in [0.29, 0.717) is 25.7 Å². The second-order valence-corrected chi connectivity index (χ2v) is 20.8. The largest absolute Gasteiger partial charge is 0.472 e. The van der Waals surface area contributed by atoms with Crippen LogP contribution in [0.25, 0.3) is 0 Å². The van der Waals surface area contributed by atoms with Crippen LogP contribution in [0.2, 0.25) is 0 Å². The van der Waals surface area contributed by atoms with Gasteiger partial charge in [-0.2, -0.15) is 0 Å². The first-order valence-electron chi connectivity index (χ1n) is 30.1. The third-order valence-electron chi connectivity index (χ3n) is 12.1. The molecule has 11 nitrogen and oxygen atoms in total. The van der Waals surface area contributed by atoms with Crippen LogP contribution in [-0.2, 0) is 42.2 Å². The van der Waals surface area contributed by atoms with Crippen molar-refractivity contribution in [2.75, 3.05) is 26.4 Å². The highest BCUT2D eigenvalue weighted by Crippen LogP contribution is 2.43. The molecule has 0 aromatic rings. The predicted octanol–water partition coefficient (Wildman–Crippen LogP) is 18.1. The Morgan fingerprint density at radius 2 is 0.692 bits per heavy atom. The summed E-state index contributed by atoms with van der Waals surface area (Å²) in [6.45, 7) is 4.26. The predicted molar refractivity (Wildman–Crippen MR) is 325 cm³/mol. The second-order valence-electron chi connectivity index (χ2n) is 19.4. The van der Waals surface area contributed by atoms with Gasteiger partial charge in [0.25, 0.3) is 0 Å². The summed E-state index contributed by atoms with van der Waals surface area (Å²) in [5.41, 5.74) is 0. The van der Waals surface area contributed by atoms with Crippen LogP contribution in [0.3, 0.4) is 0 Å². The summed E-state index contributed by atoms with van der Waals surface area (Å²) >= 11 is 0. The van der Waals surface area contributed by atoms with Crippen molar-refractivity contribution in [1.82, 2.24) is 0 Å². The van der Waals surface area contributed by atoms with Gasteiger partial charge in [-0.05, 0) is 122 Å². The van der Waals surface area contributed by atoms with Gasteiger partial charge in [-0.1, -0.05) is 219 Å². The topological polar surface area (TPSA) is 155 Å². The van der Waals surface area contributed by atoms with Gasteiger partial charge in [0.1, 0.15) is 12.7 Å². The lowest BCUT2D eigenvalue weighted by Crippen LogP contribution is -2.30. The minimum absolute atomic E-state index is 0.0288. The Balaban J connectivity index is 4.81. The van der Waals surface area contributed by atoms with E-state index in [0.717, 1.165) is 103 Å². The summed E-state index contributed by atoms with van der Waals surface area (Å²) in [7, 11) is -4.79. The summed E-state index contributed by atoms with van der Waals surface area (Å²) in [5.74, 6) is -1.62. The number of ether oxygens (including phenoxy) is 3. The van der Waals surface area contributed by atoms with Gasteiger partial charge in [0.2, 0.25) is 0 Å². The highest BCUT2D eigenvalue weighted by molar-refractivity contribution is 7.47. The number of allylic oxidation sites excluding steroid dienone is 22. The number of phosphoric acid groups is 1. The Morgan fingerprint density at radius 1 is 0.372 bits per heavy atom. The maximum Gasteiger partial charge on any atom is 0.472 e. The van der Waals surface area contributed by atoms with Crippen LogP contribution < -0.4 is 0 Å². The molecule has 0 saturated heterocycles. The van der Waals surface area contributed by atoms with E-state index in [4.69, 9.17) is 23.3 Å². The number of carbonyl (C=O) groups is 3. The van der Waals surface area contributed by atoms with Crippen molar-refractivity contribution in [3.63, 3.8) is 0 Å². The summed E-state index contributed by atoms with van der Waals surface area (Å²) in [6.07, 6.45) is 74.3. The molecule has 442 valence electrons. The van der Waals surface area contributed by atoms with Crippen molar-refractivity contribution < 1.29 is 52.2 Å². The number of aliphatic hydroxyl groups excluding tert-OH is 1. The lowest BCUT2D eigenvalue weighted by Gasteiger charge is -2.21. The zero-order valence-corrected chi connectivity index (χ0v) is 49.7. The molecule has 78 heavy (non-hydrogen) atoms. The molecule has 0 bridgehead atoms. The van der Waals surface area contributed by atoms with Crippen LogP contribution in [0, 0.1) is 0 Å². The molecule has 0 aromatic heterocycles. The summed E-state index contributed by atoms with van der Waals surface area (Å²) in [5, 5.41) is 9.84. The molecule has 0 amide bonds. The van der Waals surface area contributed by atoms with E-state index in [2.05, 4.69) is 142 Å². The quantitative estimate of drug-likeness (QED) is 0.0197. The zero-order chi connectivity index (χ0) is 56.9. The van der Waals surface area contributed by atoms with E-state index in [1.54, 1.807) is 0 Å². The van der Waals surface area contributed by atoms with Crippen LogP contribution in [0.1, 0.15) is 226 Å². The van der Waals surface area contributed by atoms with Gasteiger partial charge >= 0.3 is 25.7 Å². The molecule has 0 heterocycles. The van der Waals surface area contributed by atoms with Gasteiger partial charge in [-0.25, -0.2) is 4.57 Å². The van der Waals surface area contributed by atoms with E-state index in [1.165, 1.54) is 57.8 Å². The average molecular weight is 1110 g/mol. The molecule has 0 aliphatic rings. The zero-order valence-electron chi connectivity index (χ0n) is 48.8. The second kappa shape index (κ2) is 58.8. The van der Waals surface area contributed by atoms with Gasteiger partial charge in [-0.15, -0.1) is 0 Å². The van der Waals surface area contributed by atoms with Crippen LogP contribution in [-0.4, -0.2) is 66.5 Å². The fraction of sp³-hybridized carbons (Fsp3) is 0.621. The molecule has 0 aliphatic carbocycles. The Hall–Kier alpha value is -4.38. The van der Waals surface area contributed by atoms with Gasteiger partial charge in [0.15, 0.2) is 6.10 Å². The van der Waals surface area contributed by atoms with Crippen molar-refractivity contribution in [3.05, 3.63) is 134 Å². The Morgan fingerprint density at radius 3 is 1.12 bits per heavy atom. The number of aliphatic hydroxyl groups is 1. The molecule has 0 radical (unpaired) electrons. The number of hydrogen-bond acceptors (Lipinski definition) is 10. The highest BCUT2D eigenvalue weighted by Gasteiger charge is 2.28. The number of carbonyl (C=O) groups excluding carboxylic acids is 3. The van der Waals surface area contributed by atoms with Gasteiger partial charge in [0.05, 0.1) is 19.8 Å². The number of unbranched alkanes of at least 4 members (excludes halogenated alkanes) is 15. The van der Waals surface area contributed by atoms with Crippen molar-refractivity contribution >= 4 is 25.7 Å². The molecule has 0 aromatic carbocycles. The van der Waals surface area contributed by atoms with Crippen LogP contribution >= 0.6 is 7.82 Å². The third kappa shape index (κ3) is 56.3. The molecule has 0 saturated carbocycles. The Labute approximate surface area is 474 Å². The number of hydrogen-bond donors (Lipinski definition) is 2. The molecule has 3 atom stereocenters. The smallest absolute Gasteiger partial charge is 0.462 e. The molecule has 0 spiro atoms. The maximum absolute atomic E-state index is 12.9. The highest BCUT2D eigenvalue weighted by atomic mass is 31.2. The normalized spacial score (nSPS) is 14.3. The minimum Gasteiger partial charge on any atom is -0.462 e. The molecule has 3 unspecified atom stereocenters. The van der Waals surface area contributed by atoms with E-state index in [-0.39, 0.29) is 25.9 Å². The molecular weight excluding hydrogens is 1000 g/mol. The molecule has 2 N–H and O–H groups in total. The van der Waals surface area contributed by atoms with E-state index < -0.39 is 57.8 Å². The summed E-state index contributed by atoms with van der Waals surface area (Å²) in [4.78, 5) is 48.6. The van der Waals surface area contributed by atoms with Gasteiger partial charge in [0, 0.05) is 19.3 Å². The van der Waals surface area contributed by atoms with Crippen LogP contribution in [0.5, 0.6) is 0 Å². The lowest BCUT2D eigenvalue weighted by atomic mass is 10.1.